The Bertz CT molecular complexity index is 521. The first-order valence-corrected chi connectivity index (χ1v) is 6.11. The van der Waals surface area contributed by atoms with Crippen LogP contribution in [0.5, 0.6) is 5.75 Å². The quantitative estimate of drug-likeness (QED) is 0.667. The summed E-state index contributed by atoms with van der Waals surface area (Å²) in [7, 11) is 0. The van der Waals surface area contributed by atoms with E-state index in [4.69, 9.17) is 23.2 Å². The molecule has 0 radical (unpaired) electrons. The molecule has 0 aliphatic carbocycles. The van der Waals surface area contributed by atoms with Crippen LogP contribution in [0.2, 0.25) is 10.2 Å². The van der Waals surface area contributed by atoms with Gasteiger partial charge in [-0.3, -0.25) is 0 Å². The maximum absolute atomic E-state index is 9.55. The molecule has 17 heavy (non-hydrogen) atoms. The van der Waals surface area contributed by atoms with Gasteiger partial charge in [0, 0.05) is 23.4 Å². The lowest BCUT2D eigenvalue weighted by molar-refractivity contribution is 0.476. The van der Waals surface area contributed by atoms with Gasteiger partial charge in [-0.15, -0.1) is 0 Å². The Labute approximate surface area is 112 Å². The van der Waals surface area contributed by atoms with E-state index in [0.717, 1.165) is 4.90 Å². The smallest absolute Gasteiger partial charge is 0.178 e. The molecule has 88 valence electrons. The summed E-state index contributed by atoms with van der Waals surface area (Å²) < 4.78 is 2.89. The lowest BCUT2D eigenvalue weighted by Gasteiger charge is -2.06. The van der Waals surface area contributed by atoms with Crippen LogP contribution in [0.15, 0.2) is 35.5 Å². The minimum Gasteiger partial charge on any atom is -0.504 e. The molecular weight excluding hydrogens is 281 g/mol. The molecule has 0 bridgehead atoms. The molecule has 0 atom stereocenters. The third-order valence-corrected chi connectivity index (χ3v) is 3.00. The van der Waals surface area contributed by atoms with Crippen molar-refractivity contribution in [2.75, 3.05) is 4.72 Å². The SMILES string of the molecule is Oc1cc(Cl)cnc1NSc1ccc(Cl)nc1. The lowest BCUT2D eigenvalue weighted by Crippen LogP contribution is -1.91. The highest BCUT2D eigenvalue weighted by molar-refractivity contribution is 8.00. The summed E-state index contributed by atoms with van der Waals surface area (Å²) in [6, 6.07) is 4.90. The highest BCUT2D eigenvalue weighted by atomic mass is 35.5. The third kappa shape index (κ3) is 3.39. The molecule has 2 aromatic rings. The van der Waals surface area contributed by atoms with Crippen molar-refractivity contribution in [3.05, 3.63) is 40.8 Å². The maximum Gasteiger partial charge on any atom is 0.178 e. The number of pyridine rings is 2. The fourth-order valence-electron chi connectivity index (χ4n) is 1.04. The zero-order valence-corrected chi connectivity index (χ0v) is 10.7. The number of hydrogen-bond donors (Lipinski definition) is 2. The normalized spacial score (nSPS) is 10.2. The van der Waals surface area contributed by atoms with Gasteiger partial charge in [0.2, 0.25) is 0 Å². The second-order valence-corrected chi connectivity index (χ2v) is 4.75. The van der Waals surface area contributed by atoms with Gasteiger partial charge in [0.25, 0.3) is 0 Å². The number of aromatic nitrogens is 2. The van der Waals surface area contributed by atoms with Crippen molar-refractivity contribution in [3.63, 3.8) is 0 Å². The zero-order chi connectivity index (χ0) is 12.3. The van der Waals surface area contributed by atoms with Crippen molar-refractivity contribution in [1.29, 1.82) is 0 Å². The van der Waals surface area contributed by atoms with Crippen molar-refractivity contribution in [3.8, 4) is 5.75 Å². The van der Waals surface area contributed by atoms with E-state index in [1.807, 2.05) is 0 Å². The molecule has 0 fully saturated rings. The number of nitrogens with one attached hydrogen (secondary N) is 1. The second kappa shape index (κ2) is 5.44. The molecule has 0 aliphatic heterocycles. The number of nitrogens with zero attached hydrogens (tertiary/aromatic N) is 2. The fraction of sp³-hybridized carbons (Fsp3) is 0. The molecular formula is C10H7Cl2N3OS. The van der Waals surface area contributed by atoms with Crippen molar-refractivity contribution in [2.45, 2.75) is 4.90 Å². The van der Waals surface area contributed by atoms with E-state index in [1.165, 1.54) is 24.2 Å². The molecule has 7 heteroatoms. The highest BCUT2D eigenvalue weighted by Crippen LogP contribution is 2.28. The largest absolute Gasteiger partial charge is 0.504 e. The first-order valence-electron chi connectivity index (χ1n) is 4.54. The first-order chi connectivity index (χ1) is 8.15. The molecule has 0 aromatic carbocycles. The van der Waals surface area contributed by atoms with Crippen molar-refractivity contribution >= 4 is 41.0 Å². The van der Waals surface area contributed by atoms with Gasteiger partial charge in [-0.05, 0) is 24.1 Å². The van der Waals surface area contributed by atoms with Gasteiger partial charge in [-0.25, -0.2) is 9.97 Å². The molecule has 0 amide bonds. The molecule has 2 N–H and O–H groups in total. The fourth-order valence-corrected chi connectivity index (χ4v) is 1.91. The molecule has 2 aromatic heterocycles. The predicted octanol–water partition coefficient (Wildman–Crippen LogP) is 3.61. The van der Waals surface area contributed by atoms with Gasteiger partial charge >= 0.3 is 0 Å². The highest BCUT2D eigenvalue weighted by Gasteiger charge is 2.04. The molecule has 4 nitrogen and oxygen atoms in total. The van der Waals surface area contributed by atoms with Crippen LogP contribution in [0.25, 0.3) is 0 Å². The van der Waals surface area contributed by atoms with E-state index in [9.17, 15) is 5.11 Å². The standard InChI is InChI=1S/C10H7Cl2N3OS/c11-6-3-8(16)10(14-4-6)15-17-7-1-2-9(12)13-5-7/h1-5,16H,(H,14,15). The van der Waals surface area contributed by atoms with Gasteiger partial charge in [-0.1, -0.05) is 23.2 Å². The summed E-state index contributed by atoms with van der Waals surface area (Å²) >= 11 is 12.6. The zero-order valence-electron chi connectivity index (χ0n) is 8.39. The number of aromatic hydroxyl groups is 1. The van der Waals surface area contributed by atoms with E-state index in [-0.39, 0.29) is 5.75 Å². The molecule has 2 rings (SSSR count). The first kappa shape index (κ1) is 12.3. The Morgan fingerprint density at radius 3 is 2.65 bits per heavy atom. The van der Waals surface area contributed by atoms with E-state index in [0.29, 0.717) is 16.0 Å². The molecule has 0 saturated carbocycles. The average molecular weight is 288 g/mol. The Morgan fingerprint density at radius 1 is 1.18 bits per heavy atom. The van der Waals surface area contributed by atoms with Gasteiger partial charge in [-0.2, -0.15) is 0 Å². The summed E-state index contributed by atoms with van der Waals surface area (Å²) in [5, 5.41) is 10.4. The topological polar surface area (TPSA) is 58.0 Å². The number of hydrogen-bond acceptors (Lipinski definition) is 5. The van der Waals surface area contributed by atoms with Crippen LogP contribution in [0.1, 0.15) is 0 Å². The van der Waals surface area contributed by atoms with E-state index in [1.54, 1.807) is 18.3 Å². The number of halogens is 2. The van der Waals surface area contributed by atoms with Crippen LogP contribution in [0.4, 0.5) is 5.82 Å². The van der Waals surface area contributed by atoms with E-state index < -0.39 is 0 Å². The molecule has 0 unspecified atom stereocenters. The van der Waals surface area contributed by atoms with Gasteiger partial charge in [0.1, 0.15) is 5.15 Å². The van der Waals surface area contributed by atoms with Gasteiger partial charge < -0.3 is 9.83 Å². The number of anilines is 1. The van der Waals surface area contributed by atoms with Gasteiger partial charge in [0.15, 0.2) is 11.6 Å². The Kier molecular flexibility index (Phi) is 3.93. The Balaban J connectivity index is 2.04. The Hall–Kier alpha value is -1.17. The molecule has 0 aliphatic rings. The summed E-state index contributed by atoms with van der Waals surface area (Å²) in [6.07, 6.45) is 3.07. The molecule has 0 saturated heterocycles. The Morgan fingerprint density at radius 2 is 2.00 bits per heavy atom. The minimum atomic E-state index is -0.00748. The molecule has 0 spiro atoms. The van der Waals surface area contributed by atoms with Crippen LogP contribution in [-0.4, -0.2) is 15.1 Å². The van der Waals surface area contributed by atoms with Crippen molar-refractivity contribution in [1.82, 2.24) is 9.97 Å². The van der Waals surface area contributed by atoms with Crippen LogP contribution in [0.3, 0.4) is 0 Å². The van der Waals surface area contributed by atoms with Crippen molar-refractivity contribution < 1.29 is 5.11 Å². The summed E-state index contributed by atoms with van der Waals surface area (Å²) in [6.45, 7) is 0. The third-order valence-electron chi connectivity index (χ3n) is 1.80. The minimum absolute atomic E-state index is 0.00748. The van der Waals surface area contributed by atoms with E-state index >= 15 is 0 Å². The van der Waals surface area contributed by atoms with Crippen LogP contribution >= 0.6 is 35.1 Å². The van der Waals surface area contributed by atoms with Crippen LogP contribution < -0.4 is 4.72 Å². The van der Waals surface area contributed by atoms with E-state index in [2.05, 4.69) is 14.7 Å². The van der Waals surface area contributed by atoms with Crippen LogP contribution in [0, 0.1) is 0 Å². The number of rotatable bonds is 3. The summed E-state index contributed by atoms with van der Waals surface area (Å²) in [4.78, 5) is 8.73. The summed E-state index contributed by atoms with van der Waals surface area (Å²) in [5.41, 5.74) is 0. The monoisotopic (exact) mass is 287 g/mol. The lowest BCUT2D eigenvalue weighted by atomic mass is 10.4. The maximum atomic E-state index is 9.55. The van der Waals surface area contributed by atoms with Crippen LogP contribution in [-0.2, 0) is 0 Å². The molecule has 2 heterocycles. The second-order valence-electron chi connectivity index (χ2n) is 3.04. The predicted molar refractivity (Wildman–Crippen MR) is 69.6 cm³/mol. The summed E-state index contributed by atoms with van der Waals surface area (Å²) in [5.74, 6) is 0.335. The van der Waals surface area contributed by atoms with Gasteiger partial charge in [0.05, 0.1) is 5.02 Å². The average Bonchev–Trinajstić information content (AvgIpc) is 2.30. The van der Waals surface area contributed by atoms with Crippen molar-refractivity contribution in [2.24, 2.45) is 0 Å².